The van der Waals surface area contributed by atoms with Crippen LogP contribution in [-0.4, -0.2) is 23.2 Å². The molecular formula is C18H16BrClN2OS. The van der Waals surface area contributed by atoms with Gasteiger partial charge < -0.3 is 10.0 Å². The lowest BCUT2D eigenvalue weighted by molar-refractivity contribution is 0.0118. The third kappa shape index (κ3) is 3.06. The van der Waals surface area contributed by atoms with Gasteiger partial charge in [0.2, 0.25) is 0 Å². The molecule has 0 aliphatic carbocycles. The van der Waals surface area contributed by atoms with Crippen molar-refractivity contribution in [3.05, 3.63) is 57.5 Å². The molecule has 2 heterocycles. The number of aromatic nitrogens is 1. The molecule has 3 nitrogen and oxygen atoms in total. The van der Waals surface area contributed by atoms with Gasteiger partial charge in [-0.25, -0.2) is 4.98 Å². The first-order valence-electron chi connectivity index (χ1n) is 7.83. The van der Waals surface area contributed by atoms with Gasteiger partial charge in [-0.2, -0.15) is 0 Å². The Labute approximate surface area is 158 Å². The molecule has 1 aromatic heterocycles. The normalized spacial score (nSPS) is 17.4. The molecule has 1 fully saturated rings. The Hall–Kier alpha value is -1.14. The fourth-order valence-corrected chi connectivity index (χ4v) is 4.57. The highest BCUT2D eigenvalue weighted by Crippen LogP contribution is 2.37. The van der Waals surface area contributed by atoms with Crippen molar-refractivity contribution in [2.45, 2.75) is 18.4 Å². The first-order valence-corrected chi connectivity index (χ1v) is 9.82. The van der Waals surface area contributed by atoms with Crippen molar-refractivity contribution in [3.8, 4) is 0 Å². The quantitative estimate of drug-likeness (QED) is 0.615. The van der Waals surface area contributed by atoms with E-state index in [1.54, 1.807) is 11.3 Å². The lowest BCUT2D eigenvalue weighted by Gasteiger charge is -2.38. The fraction of sp³-hybridized carbons (Fsp3) is 0.278. The Morgan fingerprint density at radius 1 is 1.12 bits per heavy atom. The number of hydrogen-bond acceptors (Lipinski definition) is 4. The summed E-state index contributed by atoms with van der Waals surface area (Å²) >= 11 is 11.2. The zero-order valence-electron chi connectivity index (χ0n) is 12.9. The monoisotopic (exact) mass is 422 g/mol. The van der Waals surface area contributed by atoms with Gasteiger partial charge in [-0.05, 0) is 48.7 Å². The van der Waals surface area contributed by atoms with E-state index in [-0.39, 0.29) is 0 Å². The van der Waals surface area contributed by atoms with E-state index in [0.29, 0.717) is 17.9 Å². The van der Waals surface area contributed by atoms with Crippen LogP contribution in [0.5, 0.6) is 0 Å². The Kier molecular flexibility index (Phi) is 4.29. The van der Waals surface area contributed by atoms with E-state index in [4.69, 9.17) is 16.6 Å². The van der Waals surface area contributed by atoms with Crippen LogP contribution in [0.1, 0.15) is 18.4 Å². The summed E-state index contributed by atoms with van der Waals surface area (Å²) in [5, 5.41) is 12.7. The highest BCUT2D eigenvalue weighted by atomic mass is 79.9. The molecule has 3 aromatic rings. The summed E-state index contributed by atoms with van der Waals surface area (Å²) in [6.45, 7) is 1.58. The first-order chi connectivity index (χ1) is 11.5. The van der Waals surface area contributed by atoms with Gasteiger partial charge >= 0.3 is 0 Å². The van der Waals surface area contributed by atoms with Crippen molar-refractivity contribution in [1.82, 2.24) is 4.98 Å². The minimum atomic E-state index is -0.753. The van der Waals surface area contributed by atoms with Gasteiger partial charge in [0, 0.05) is 22.6 Å². The summed E-state index contributed by atoms with van der Waals surface area (Å²) in [7, 11) is 0. The van der Waals surface area contributed by atoms with E-state index < -0.39 is 5.60 Å². The third-order valence-electron chi connectivity index (χ3n) is 4.58. The Balaban J connectivity index is 1.53. The molecule has 24 heavy (non-hydrogen) atoms. The average molecular weight is 424 g/mol. The van der Waals surface area contributed by atoms with Crippen LogP contribution in [0, 0.1) is 0 Å². The predicted molar refractivity (Wildman–Crippen MR) is 104 cm³/mol. The topological polar surface area (TPSA) is 36.4 Å². The van der Waals surface area contributed by atoms with Crippen molar-refractivity contribution in [2.24, 2.45) is 0 Å². The molecule has 0 saturated carbocycles. The number of anilines is 1. The summed E-state index contributed by atoms with van der Waals surface area (Å²) < 4.78 is 2.17. The molecule has 1 saturated heterocycles. The number of fused-ring (bicyclic) bond motifs is 1. The van der Waals surface area contributed by atoms with Gasteiger partial charge in [-0.15, -0.1) is 0 Å². The van der Waals surface area contributed by atoms with E-state index >= 15 is 0 Å². The molecule has 4 rings (SSSR count). The molecule has 0 amide bonds. The maximum absolute atomic E-state index is 11.0. The number of halogens is 2. The Morgan fingerprint density at radius 3 is 2.54 bits per heavy atom. The molecule has 0 atom stereocenters. The van der Waals surface area contributed by atoms with Crippen LogP contribution in [0.2, 0.25) is 5.02 Å². The van der Waals surface area contributed by atoms with Crippen LogP contribution in [-0.2, 0) is 5.60 Å². The second kappa shape index (κ2) is 6.30. The number of hydrogen-bond donors (Lipinski definition) is 1. The van der Waals surface area contributed by atoms with Crippen LogP contribution < -0.4 is 4.90 Å². The standard InChI is InChI=1S/C18H16BrClN2OS/c19-13-3-1-12(2-4-13)18(23)7-9-22(10-8-18)17-21-15-11-14(20)5-6-16(15)24-17/h1-6,11,23H,7-10H2. The molecule has 124 valence electrons. The number of nitrogens with zero attached hydrogens (tertiary/aromatic N) is 2. The highest BCUT2D eigenvalue weighted by Gasteiger charge is 2.34. The van der Waals surface area contributed by atoms with Crippen molar-refractivity contribution in [3.63, 3.8) is 0 Å². The number of thiazole rings is 1. The molecule has 0 unspecified atom stereocenters. The molecule has 0 spiro atoms. The summed E-state index contributed by atoms with van der Waals surface area (Å²) in [6.07, 6.45) is 1.40. The van der Waals surface area contributed by atoms with Crippen LogP contribution in [0.3, 0.4) is 0 Å². The molecule has 1 aliphatic rings. The van der Waals surface area contributed by atoms with Crippen molar-refractivity contribution in [1.29, 1.82) is 0 Å². The lowest BCUT2D eigenvalue weighted by Crippen LogP contribution is -2.42. The highest BCUT2D eigenvalue weighted by molar-refractivity contribution is 9.10. The van der Waals surface area contributed by atoms with Gasteiger partial charge in [-0.3, -0.25) is 0 Å². The van der Waals surface area contributed by atoms with Crippen molar-refractivity contribution >= 4 is 54.2 Å². The molecule has 1 aliphatic heterocycles. The number of piperidine rings is 1. The summed E-state index contributed by atoms with van der Waals surface area (Å²) in [4.78, 5) is 6.96. The van der Waals surface area contributed by atoms with E-state index in [9.17, 15) is 5.11 Å². The predicted octanol–water partition coefficient (Wildman–Crippen LogP) is 5.20. The van der Waals surface area contributed by atoms with Gasteiger partial charge in [0.25, 0.3) is 0 Å². The first kappa shape index (κ1) is 16.3. The van der Waals surface area contributed by atoms with E-state index in [2.05, 4.69) is 20.8 Å². The third-order valence-corrected chi connectivity index (χ3v) is 6.44. The van der Waals surface area contributed by atoms with E-state index in [1.165, 1.54) is 0 Å². The fourth-order valence-electron chi connectivity index (χ4n) is 3.14. The van der Waals surface area contributed by atoms with Crippen molar-refractivity contribution < 1.29 is 5.11 Å². The second-order valence-corrected chi connectivity index (χ2v) is 8.50. The number of rotatable bonds is 2. The van der Waals surface area contributed by atoms with Crippen molar-refractivity contribution in [2.75, 3.05) is 18.0 Å². The minimum absolute atomic E-state index is 0.700. The Morgan fingerprint density at radius 2 is 1.83 bits per heavy atom. The van der Waals surface area contributed by atoms with Gasteiger partial charge in [0.05, 0.1) is 15.8 Å². The molecule has 0 bridgehead atoms. The summed E-state index contributed by atoms with van der Waals surface area (Å²) in [6, 6.07) is 13.8. The van der Waals surface area contributed by atoms with Gasteiger partial charge in [0.15, 0.2) is 5.13 Å². The van der Waals surface area contributed by atoms with Gasteiger partial charge in [0.1, 0.15) is 0 Å². The van der Waals surface area contributed by atoms with E-state index in [1.807, 2.05) is 42.5 Å². The molecule has 6 heteroatoms. The maximum Gasteiger partial charge on any atom is 0.186 e. The molecule has 1 N–H and O–H groups in total. The van der Waals surface area contributed by atoms with Crippen LogP contribution >= 0.6 is 38.9 Å². The zero-order chi connectivity index (χ0) is 16.7. The average Bonchev–Trinajstić information content (AvgIpc) is 2.99. The zero-order valence-corrected chi connectivity index (χ0v) is 16.0. The van der Waals surface area contributed by atoms with Crippen LogP contribution in [0.15, 0.2) is 46.9 Å². The lowest BCUT2D eigenvalue weighted by atomic mass is 9.84. The summed E-state index contributed by atoms with van der Waals surface area (Å²) in [5.74, 6) is 0. The smallest absolute Gasteiger partial charge is 0.186 e. The summed E-state index contributed by atoms with van der Waals surface area (Å²) in [5.41, 5.74) is 1.18. The van der Waals surface area contributed by atoms with Crippen LogP contribution in [0.25, 0.3) is 10.2 Å². The largest absolute Gasteiger partial charge is 0.385 e. The molecule has 0 radical (unpaired) electrons. The second-order valence-electron chi connectivity index (χ2n) is 6.13. The minimum Gasteiger partial charge on any atom is -0.385 e. The van der Waals surface area contributed by atoms with E-state index in [0.717, 1.165) is 38.5 Å². The molecular weight excluding hydrogens is 408 g/mol. The Bertz CT molecular complexity index is 872. The van der Waals surface area contributed by atoms with Gasteiger partial charge in [-0.1, -0.05) is 51.0 Å². The number of aliphatic hydroxyl groups is 1. The number of benzene rings is 2. The van der Waals surface area contributed by atoms with Crippen LogP contribution in [0.4, 0.5) is 5.13 Å². The maximum atomic E-state index is 11.0. The molecule has 2 aromatic carbocycles. The SMILES string of the molecule is OC1(c2ccc(Br)cc2)CCN(c2nc3cc(Cl)ccc3s2)CC1.